The molecular weight excluding hydrogens is 523 g/mol. The minimum Gasteiger partial charge on any atom is -0.429 e. The van der Waals surface area contributed by atoms with Gasteiger partial charge in [0.05, 0.1) is 12.2 Å². The Hall–Kier alpha value is -3.80. The van der Waals surface area contributed by atoms with Gasteiger partial charge >= 0.3 is 6.11 Å². The fourth-order valence-corrected chi connectivity index (χ4v) is 4.87. The standard InChI is InChI=1S/C30H24F7NO/c31-12-2-1-3-18-4-6-19(7-5-18)22-14-27(34)29(28(35)15-22)30(36,37)39-23-10-11-24(26(33)16-23)20-8-9-21(17-38)25(32)13-20/h1,3,8-11,13-16,18-19H,2,4-7,12H2. The molecule has 1 saturated carbocycles. The summed E-state index contributed by atoms with van der Waals surface area (Å²) in [6.45, 7) is -0.439. The van der Waals surface area contributed by atoms with E-state index in [0.717, 1.165) is 49.2 Å². The van der Waals surface area contributed by atoms with E-state index >= 15 is 0 Å². The van der Waals surface area contributed by atoms with E-state index < -0.39 is 47.4 Å². The lowest BCUT2D eigenvalue weighted by atomic mass is 9.78. The molecule has 4 rings (SSSR count). The van der Waals surface area contributed by atoms with Crippen molar-refractivity contribution in [3.05, 3.63) is 101 Å². The van der Waals surface area contributed by atoms with Crippen molar-refractivity contribution in [1.82, 2.24) is 0 Å². The maximum absolute atomic E-state index is 14.9. The highest BCUT2D eigenvalue weighted by molar-refractivity contribution is 5.66. The van der Waals surface area contributed by atoms with Crippen molar-refractivity contribution < 1.29 is 35.5 Å². The van der Waals surface area contributed by atoms with Crippen LogP contribution in [-0.2, 0) is 6.11 Å². The summed E-state index contributed by atoms with van der Waals surface area (Å²) in [5, 5.41) is 8.82. The fraction of sp³-hybridized carbons (Fsp3) is 0.300. The van der Waals surface area contributed by atoms with Gasteiger partial charge in [0.1, 0.15) is 40.7 Å². The van der Waals surface area contributed by atoms with E-state index in [2.05, 4.69) is 4.74 Å². The Morgan fingerprint density at radius 2 is 1.56 bits per heavy atom. The third-order valence-electron chi connectivity index (χ3n) is 6.87. The quantitative estimate of drug-likeness (QED) is 0.208. The van der Waals surface area contributed by atoms with E-state index in [1.165, 1.54) is 6.07 Å². The highest BCUT2D eigenvalue weighted by atomic mass is 19.3. The maximum atomic E-state index is 14.9. The lowest BCUT2D eigenvalue weighted by Gasteiger charge is -2.28. The molecule has 0 N–H and O–H groups in total. The van der Waals surface area contributed by atoms with Gasteiger partial charge in [-0.25, -0.2) is 17.6 Å². The Kier molecular flexibility index (Phi) is 8.63. The Labute approximate surface area is 221 Å². The molecule has 3 aromatic carbocycles. The Bertz CT molecular complexity index is 1380. The highest BCUT2D eigenvalue weighted by Gasteiger charge is 2.41. The van der Waals surface area contributed by atoms with E-state index in [-0.39, 0.29) is 34.1 Å². The summed E-state index contributed by atoms with van der Waals surface area (Å²) in [4.78, 5) is 0. The van der Waals surface area contributed by atoms with Crippen molar-refractivity contribution in [2.24, 2.45) is 5.92 Å². The molecule has 0 bridgehead atoms. The van der Waals surface area contributed by atoms with Crippen LogP contribution in [-0.4, -0.2) is 6.67 Å². The predicted molar refractivity (Wildman–Crippen MR) is 132 cm³/mol. The van der Waals surface area contributed by atoms with Gasteiger partial charge in [-0.2, -0.15) is 14.0 Å². The van der Waals surface area contributed by atoms with Crippen molar-refractivity contribution >= 4 is 0 Å². The van der Waals surface area contributed by atoms with Gasteiger partial charge in [0.15, 0.2) is 0 Å². The number of benzene rings is 3. The van der Waals surface area contributed by atoms with E-state index in [0.29, 0.717) is 25.3 Å². The summed E-state index contributed by atoms with van der Waals surface area (Å²) in [5.41, 5.74) is -1.67. The van der Waals surface area contributed by atoms with Gasteiger partial charge in [-0.3, -0.25) is 4.39 Å². The minimum atomic E-state index is -4.46. The largest absolute Gasteiger partial charge is 0.432 e. The van der Waals surface area contributed by atoms with Crippen LogP contribution in [0.15, 0.2) is 60.7 Å². The Morgan fingerprint density at radius 1 is 0.872 bits per heavy atom. The smallest absolute Gasteiger partial charge is 0.429 e. The van der Waals surface area contributed by atoms with Crippen molar-refractivity contribution in [2.45, 2.75) is 44.1 Å². The number of hydrogen-bond acceptors (Lipinski definition) is 2. The number of ether oxygens (including phenoxy) is 1. The van der Waals surface area contributed by atoms with Gasteiger partial charge in [0.25, 0.3) is 0 Å². The third-order valence-corrected chi connectivity index (χ3v) is 6.87. The molecule has 1 fully saturated rings. The van der Waals surface area contributed by atoms with E-state index in [1.54, 1.807) is 12.1 Å². The number of halogens is 7. The predicted octanol–water partition coefficient (Wildman–Crippen LogP) is 9.10. The number of nitriles is 1. The van der Waals surface area contributed by atoms with E-state index in [9.17, 15) is 30.7 Å². The highest BCUT2D eigenvalue weighted by Crippen LogP contribution is 2.41. The first kappa shape index (κ1) is 28.2. The third kappa shape index (κ3) is 6.44. The fourth-order valence-electron chi connectivity index (χ4n) is 4.87. The summed E-state index contributed by atoms with van der Waals surface area (Å²) in [6.07, 6.45) is 2.25. The van der Waals surface area contributed by atoms with E-state index in [1.807, 2.05) is 6.08 Å². The number of nitrogens with zero attached hydrogens (tertiary/aromatic N) is 1. The van der Waals surface area contributed by atoms with Crippen LogP contribution < -0.4 is 4.74 Å². The molecule has 0 radical (unpaired) electrons. The van der Waals surface area contributed by atoms with Gasteiger partial charge in [0.2, 0.25) is 0 Å². The molecule has 1 aliphatic carbocycles. The Balaban J connectivity index is 1.50. The van der Waals surface area contributed by atoms with Crippen LogP contribution in [0, 0.1) is 40.5 Å². The molecule has 204 valence electrons. The van der Waals surface area contributed by atoms with Gasteiger partial charge in [-0.1, -0.05) is 18.2 Å². The zero-order chi connectivity index (χ0) is 28.2. The van der Waals surface area contributed by atoms with Crippen LogP contribution in [0.4, 0.5) is 30.7 Å². The van der Waals surface area contributed by atoms with Gasteiger partial charge in [0, 0.05) is 11.6 Å². The van der Waals surface area contributed by atoms with Crippen molar-refractivity contribution in [2.75, 3.05) is 6.67 Å². The van der Waals surface area contributed by atoms with Crippen LogP contribution in [0.2, 0.25) is 0 Å². The molecule has 0 saturated heterocycles. The van der Waals surface area contributed by atoms with Crippen LogP contribution in [0.3, 0.4) is 0 Å². The number of alkyl halides is 3. The summed E-state index contributed by atoms with van der Waals surface area (Å²) in [5.74, 6) is -5.56. The lowest BCUT2D eigenvalue weighted by molar-refractivity contribution is -0.189. The monoisotopic (exact) mass is 547 g/mol. The molecule has 0 aliphatic heterocycles. The zero-order valence-corrected chi connectivity index (χ0v) is 20.7. The van der Waals surface area contributed by atoms with E-state index in [4.69, 9.17) is 5.26 Å². The maximum Gasteiger partial charge on any atom is 0.432 e. The van der Waals surface area contributed by atoms with Crippen molar-refractivity contribution in [3.8, 4) is 22.9 Å². The molecule has 0 heterocycles. The molecular formula is C30H24F7NO. The summed E-state index contributed by atoms with van der Waals surface area (Å²) in [7, 11) is 0. The molecule has 0 unspecified atom stereocenters. The zero-order valence-electron chi connectivity index (χ0n) is 20.7. The number of hydrogen-bond donors (Lipinski definition) is 0. The second kappa shape index (κ2) is 11.9. The molecule has 1 aliphatic rings. The summed E-state index contributed by atoms with van der Waals surface area (Å²) < 4.78 is 105. The van der Waals surface area contributed by atoms with Crippen LogP contribution in [0.1, 0.15) is 54.7 Å². The first-order chi connectivity index (χ1) is 18.6. The van der Waals surface area contributed by atoms with Crippen LogP contribution >= 0.6 is 0 Å². The van der Waals surface area contributed by atoms with Gasteiger partial charge < -0.3 is 4.74 Å². The first-order valence-corrected chi connectivity index (χ1v) is 12.4. The van der Waals surface area contributed by atoms with Crippen molar-refractivity contribution in [3.63, 3.8) is 0 Å². The molecule has 0 atom stereocenters. The Morgan fingerprint density at radius 3 is 2.15 bits per heavy atom. The molecule has 0 amide bonds. The summed E-state index contributed by atoms with van der Waals surface area (Å²) in [6, 6.07) is 9.37. The van der Waals surface area contributed by atoms with Crippen LogP contribution in [0.25, 0.3) is 11.1 Å². The minimum absolute atomic E-state index is 0.0554. The van der Waals surface area contributed by atoms with Gasteiger partial charge in [-0.05, 0) is 91.5 Å². The topological polar surface area (TPSA) is 33.0 Å². The van der Waals surface area contributed by atoms with Gasteiger partial charge in [-0.15, -0.1) is 0 Å². The number of allylic oxidation sites excluding steroid dienone is 2. The number of rotatable bonds is 8. The van der Waals surface area contributed by atoms with Crippen LogP contribution in [0.5, 0.6) is 5.75 Å². The second-order valence-corrected chi connectivity index (χ2v) is 9.44. The molecule has 0 aromatic heterocycles. The van der Waals surface area contributed by atoms with Crippen molar-refractivity contribution in [1.29, 1.82) is 5.26 Å². The molecule has 2 nitrogen and oxygen atoms in total. The average Bonchev–Trinajstić information content (AvgIpc) is 2.88. The first-order valence-electron chi connectivity index (χ1n) is 12.4. The molecule has 3 aromatic rings. The molecule has 0 spiro atoms. The summed E-state index contributed by atoms with van der Waals surface area (Å²) >= 11 is 0. The lowest BCUT2D eigenvalue weighted by Crippen LogP contribution is -2.25. The average molecular weight is 548 g/mol. The normalized spacial score (nSPS) is 17.8. The molecule has 9 heteroatoms. The second-order valence-electron chi connectivity index (χ2n) is 9.44. The SMILES string of the molecule is N#Cc1ccc(-c2ccc(OC(F)(F)c3c(F)cc(C4CCC(C=CCCF)CC4)cc3F)cc2F)cc1F. The molecule has 39 heavy (non-hydrogen) atoms.